The molecule has 0 atom stereocenters. The number of hydrogen-bond acceptors (Lipinski definition) is 5. The van der Waals surface area contributed by atoms with E-state index >= 15 is 0 Å². The molecule has 1 aliphatic carbocycles. The van der Waals surface area contributed by atoms with Crippen LogP contribution in [0.4, 0.5) is 0 Å². The SMILES string of the molecule is CCNC(=NCc1nc(C)c(C)s1)NCC1(N2CCSCC2)CCCC1. The van der Waals surface area contributed by atoms with Gasteiger partial charge in [0.25, 0.3) is 0 Å². The van der Waals surface area contributed by atoms with Crippen molar-refractivity contribution in [2.45, 2.75) is 58.5 Å². The van der Waals surface area contributed by atoms with E-state index in [0.717, 1.165) is 29.8 Å². The summed E-state index contributed by atoms with van der Waals surface area (Å²) in [5.41, 5.74) is 1.46. The second-order valence-electron chi connectivity index (χ2n) is 7.33. The van der Waals surface area contributed by atoms with Gasteiger partial charge in [-0.15, -0.1) is 11.3 Å². The largest absolute Gasteiger partial charge is 0.357 e. The van der Waals surface area contributed by atoms with Crippen LogP contribution in [0.25, 0.3) is 0 Å². The molecule has 2 aliphatic rings. The van der Waals surface area contributed by atoms with E-state index in [-0.39, 0.29) is 0 Å². The van der Waals surface area contributed by atoms with Gasteiger partial charge in [-0.1, -0.05) is 12.8 Å². The van der Waals surface area contributed by atoms with Gasteiger partial charge < -0.3 is 10.6 Å². The van der Waals surface area contributed by atoms with E-state index in [0.29, 0.717) is 12.1 Å². The smallest absolute Gasteiger partial charge is 0.191 e. The summed E-state index contributed by atoms with van der Waals surface area (Å²) in [6, 6.07) is 0. The molecule has 1 saturated heterocycles. The first kappa shape index (κ1) is 20.0. The first-order valence-electron chi connectivity index (χ1n) is 9.91. The zero-order valence-corrected chi connectivity index (χ0v) is 18.1. The lowest BCUT2D eigenvalue weighted by molar-refractivity contribution is 0.107. The van der Waals surface area contributed by atoms with E-state index in [1.807, 2.05) is 0 Å². The summed E-state index contributed by atoms with van der Waals surface area (Å²) in [6.07, 6.45) is 5.34. The number of rotatable bonds is 6. The molecule has 26 heavy (non-hydrogen) atoms. The molecule has 1 saturated carbocycles. The highest BCUT2D eigenvalue weighted by molar-refractivity contribution is 7.99. The summed E-state index contributed by atoms with van der Waals surface area (Å²) >= 11 is 3.85. The molecule has 0 spiro atoms. The fourth-order valence-corrected chi connectivity index (χ4v) is 5.78. The zero-order valence-electron chi connectivity index (χ0n) is 16.4. The molecule has 5 nitrogen and oxygen atoms in total. The number of thiazole rings is 1. The van der Waals surface area contributed by atoms with Gasteiger partial charge >= 0.3 is 0 Å². The highest BCUT2D eigenvalue weighted by Crippen LogP contribution is 2.36. The molecule has 2 N–H and O–H groups in total. The Labute approximate surface area is 166 Å². The third-order valence-electron chi connectivity index (χ3n) is 5.59. The van der Waals surface area contributed by atoms with Crippen LogP contribution in [0.3, 0.4) is 0 Å². The molecule has 1 aromatic heterocycles. The van der Waals surface area contributed by atoms with Crippen LogP contribution in [0.15, 0.2) is 4.99 Å². The van der Waals surface area contributed by atoms with Gasteiger partial charge in [-0.3, -0.25) is 4.90 Å². The van der Waals surface area contributed by atoms with Crippen molar-refractivity contribution >= 4 is 29.1 Å². The second-order valence-corrected chi connectivity index (χ2v) is 9.84. The van der Waals surface area contributed by atoms with Crippen LogP contribution in [0.2, 0.25) is 0 Å². The molecule has 7 heteroatoms. The fourth-order valence-electron chi connectivity index (χ4n) is 4.02. The molecular weight excluding hydrogens is 362 g/mol. The Balaban J connectivity index is 1.63. The van der Waals surface area contributed by atoms with Crippen molar-refractivity contribution in [3.05, 3.63) is 15.6 Å². The minimum absolute atomic E-state index is 0.325. The molecule has 0 amide bonds. The number of aromatic nitrogens is 1. The van der Waals surface area contributed by atoms with Gasteiger partial charge in [-0.25, -0.2) is 9.98 Å². The quantitative estimate of drug-likeness (QED) is 0.572. The Morgan fingerprint density at radius 1 is 1.19 bits per heavy atom. The van der Waals surface area contributed by atoms with Crippen LogP contribution in [0.5, 0.6) is 0 Å². The molecule has 0 bridgehead atoms. The summed E-state index contributed by atoms with van der Waals surface area (Å²) < 4.78 is 0. The van der Waals surface area contributed by atoms with E-state index in [9.17, 15) is 0 Å². The number of aryl methyl sites for hydroxylation is 2. The van der Waals surface area contributed by atoms with Crippen molar-refractivity contribution in [2.24, 2.45) is 4.99 Å². The van der Waals surface area contributed by atoms with Crippen molar-refractivity contribution in [3.8, 4) is 0 Å². The summed E-state index contributed by atoms with van der Waals surface area (Å²) in [5.74, 6) is 3.48. The highest BCUT2D eigenvalue weighted by atomic mass is 32.2. The van der Waals surface area contributed by atoms with Gasteiger partial charge in [-0.05, 0) is 33.6 Å². The second kappa shape index (κ2) is 9.42. The van der Waals surface area contributed by atoms with Gasteiger partial charge in [0.05, 0.1) is 12.2 Å². The first-order chi connectivity index (χ1) is 12.6. The van der Waals surface area contributed by atoms with Crippen LogP contribution in [0, 0.1) is 13.8 Å². The van der Waals surface area contributed by atoms with Gasteiger partial charge in [0.1, 0.15) is 5.01 Å². The van der Waals surface area contributed by atoms with Crippen molar-refractivity contribution in [3.63, 3.8) is 0 Å². The lowest BCUT2D eigenvalue weighted by Gasteiger charge is -2.43. The molecule has 2 heterocycles. The van der Waals surface area contributed by atoms with E-state index in [4.69, 9.17) is 4.99 Å². The maximum atomic E-state index is 4.80. The Morgan fingerprint density at radius 3 is 2.54 bits per heavy atom. The molecule has 0 unspecified atom stereocenters. The Morgan fingerprint density at radius 2 is 1.92 bits per heavy atom. The van der Waals surface area contributed by atoms with Crippen molar-refractivity contribution in [1.29, 1.82) is 0 Å². The average molecular weight is 396 g/mol. The molecule has 0 aromatic carbocycles. The van der Waals surface area contributed by atoms with Gasteiger partial charge in [0.2, 0.25) is 0 Å². The number of guanidine groups is 1. The average Bonchev–Trinajstić information content (AvgIpc) is 3.26. The molecular formula is C19H33N5S2. The lowest BCUT2D eigenvalue weighted by atomic mass is 9.94. The molecule has 2 fully saturated rings. The van der Waals surface area contributed by atoms with Crippen LogP contribution in [0.1, 0.15) is 48.2 Å². The fraction of sp³-hybridized carbons (Fsp3) is 0.789. The first-order valence-corrected chi connectivity index (χ1v) is 11.9. The minimum atomic E-state index is 0.325. The summed E-state index contributed by atoms with van der Waals surface area (Å²) in [4.78, 5) is 13.5. The summed E-state index contributed by atoms with van der Waals surface area (Å²) in [6.45, 7) is 11.3. The van der Waals surface area contributed by atoms with Crippen molar-refractivity contribution < 1.29 is 0 Å². The Hall–Kier alpha value is -0.790. The van der Waals surface area contributed by atoms with Crippen LogP contribution >= 0.6 is 23.1 Å². The van der Waals surface area contributed by atoms with Crippen LogP contribution < -0.4 is 10.6 Å². The van der Waals surface area contributed by atoms with Crippen molar-refractivity contribution in [2.75, 3.05) is 37.7 Å². The predicted octanol–water partition coefficient (Wildman–Crippen LogP) is 3.18. The third kappa shape index (κ3) is 4.93. The number of nitrogens with zero attached hydrogens (tertiary/aromatic N) is 3. The molecule has 146 valence electrons. The van der Waals surface area contributed by atoms with Gasteiger partial charge in [0.15, 0.2) is 5.96 Å². The van der Waals surface area contributed by atoms with Gasteiger partial charge in [-0.2, -0.15) is 11.8 Å². The van der Waals surface area contributed by atoms with Crippen LogP contribution in [-0.2, 0) is 6.54 Å². The van der Waals surface area contributed by atoms with E-state index in [1.54, 1.807) is 11.3 Å². The monoisotopic (exact) mass is 395 g/mol. The molecule has 0 radical (unpaired) electrons. The third-order valence-corrected chi connectivity index (χ3v) is 7.59. The van der Waals surface area contributed by atoms with Crippen molar-refractivity contribution in [1.82, 2.24) is 20.5 Å². The van der Waals surface area contributed by atoms with E-state index in [1.165, 1.54) is 55.2 Å². The normalized spacial score (nSPS) is 21.1. The molecule has 1 aromatic rings. The number of hydrogen-bond donors (Lipinski definition) is 2. The zero-order chi connectivity index (χ0) is 18.4. The Bertz CT molecular complexity index is 582. The number of aliphatic imine (C=N–C) groups is 1. The summed E-state index contributed by atoms with van der Waals surface area (Å²) in [7, 11) is 0. The Kier molecular flexibility index (Phi) is 7.23. The predicted molar refractivity (Wildman–Crippen MR) is 115 cm³/mol. The summed E-state index contributed by atoms with van der Waals surface area (Å²) in [5, 5.41) is 8.17. The maximum absolute atomic E-state index is 4.80. The van der Waals surface area contributed by atoms with Gasteiger partial charge in [0, 0.05) is 48.1 Å². The van der Waals surface area contributed by atoms with Crippen LogP contribution in [-0.4, -0.2) is 59.1 Å². The highest BCUT2D eigenvalue weighted by Gasteiger charge is 2.39. The molecule has 1 aliphatic heterocycles. The minimum Gasteiger partial charge on any atom is -0.357 e. The number of thioether (sulfide) groups is 1. The number of nitrogens with one attached hydrogen (secondary N) is 2. The maximum Gasteiger partial charge on any atom is 0.191 e. The van der Waals surface area contributed by atoms with E-state index < -0.39 is 0 Å². The van der Waals surface area contributed by atoms with E-state index in [2.05, 4.69) is 53.1 Å². The molecule has 3 rings (SSSR count). The standard InChI is InChI=1S/C19H33N5S2/c1-4-20-18(21-13-17-23-15(2)16(3)26-17)22-14-19(7-5-6-8-19)24-9-11-25-12-10-24/h4-14H2,1-3H3,(H2,20,21,22). The lowest BCUT2D eigenvalue weighted by Crippen LogP contribution is -2.57. The topological polar surface area (TPSA) is 52.6 Å².